The third kappa shape index (κ3) is 4.47. The molecule has 120 valence electrons. The number of hydrogen-bond acceptors (Lipinski definition) is 4. The molecule has 0 aromatic heterocycles. The highest BCUT2D eigenvalue weighted by molar-refractivity contribution is 5.95. The van der Waals surface area contributed by atoms with Crippen LogP contribution in [-0.2, 0) is 4.79 Å². The molecule has 2 N–H and O–H groups in total. The van der Waals surface area contributed by atoms with Gasteiger partial charge in [0.25, 0.3) is 5.91 Å². The van der Waals surface area contributed by atoms with Gasteiger partial charge in [-0.15, -0.1) is 0 Å². The van der Waals surface area contributed by atoms with E-state index in [9.17, 15) is 9.59 Å². The van der Waals surface area contributed by atoms with E-state index < -0.39 is 12.1 Å². The third-order valence-electron chi connectivity index (χ3n) is 3.12. The summed E-state index contributed by atoms with van der Waals surface area (Å²) in [4.78, 5) is 22.9. The molecule has 1 amide bonds. The predicted octanol–water partition coefficient (Wildman–Crippen LogP) is 2.80. The van der Waals surface area contributed by atoms with Crippen molar-refractivity contribution in [2.24, 2.45) is 0 Å². The molecular weight excluding hydrogens is 298 g/mol. The van der Waals surface area contributed by atoms with Crippen LogP contribution in [0.2, 0.25) is 0 Å². The second kappa shape index (κ2) is 7.31. The summed E-state index contributed by atoms with van der Waals surface area (Å²) in [6.07, 6.45) is -0.721. The maximum Gasteiger partial charge on any atom is 0.335 e. The Labute approximate surface area is 133 Å². The number of hydrogen-bond donors (Lipinski definition) is 2. The van der Waals surface area contributed by atoms with E-state index in [0.717, 1.165) is 0 Å². The maximum atomic E-state index is 12.1. The number of benzene rings is 2. The van der Waals surface area contributed by atoms with Crippen molar-refractivity contribution < 1.29 is 24.2 Å². The molecule has 2 rings (SSSR count). The van der Waals surface area contributed by atoms with E-state index in [-0.39, 0.29) is 11.5 Å². The summed E-state index contributed by atoms with van der Waals surface area (Å²) in [7, 11) is 1.55. The topological polar surface area (TPSA) is 84.9 Å². The van der Waals surface area contributed by atoms with Crippen molar-refractivity contribution in [3.8, 4) is 11.5 Å². The van der Waals surface area contributed by atoms with Gasteiger partial charge in [0.15, 0.2) is 6.10 Å². The second-order valence-electron chi connectivity index (χ2n) is 4.81. The van der Waals surface area contributed by atoms with E-state index in [1.807, 2.05) is 0 Å². The van der Waals surface area contributed by atoms with Gasteiger partial charge in [0.05, 0.1) is 12.7 Å². The van der Waals surface area contributed by atoms with Gasteiger partial charge in [-0.05, 0) is 43.3 Å². The Balaban J connectivity index is 1.97. The number of carboxylic acid groups (broad SMARTS) is 1. The van der Waals surface area contributed by atoms with Gasteiger partial charge in [-0.1, -0.05) is 6.07 Å². The molecule has 6 heteroatoms. The van der Waals surface area contributed by atoms with Crippen molar-refractivity contribution >= 4 is 17.6 Å². The molecule has 0 aliphatic heterocycles. The van der Waals surface area contributed by atoms with E-state index in [1.54, 1.807) is 38.3 Å². The number of ether oxygens (including phenoxy) is 2. The Morgan fingerprint density at radius 2 is 1.74 bits per heavy atom. The average Bonchev–Trinajstić information content (AvgIpc) is 2.55. The molecule has 0 aliphatic rings. The van der Waals surface area contributed by atoms with Crippen LogP contribution in [0.4, 0.5) is 5.69 Å². The molecule has 6 nitrogen and oxygen atoms in total. The zero-order chi connectivity index (χ0) is 16.8. The SMILES string of the molecule is COc1cccc(O[C@@H](C)C(=O)Nc2ccc(C(=O)O)cc2)c1. The number of anilines is 1. The zero-order valence-electron chi connectivity index (χ0n) is 12.8. The number of carboxylic acids is 1. The minimum Gasteiger partial charge on any atom is -0.497 e. The average molecular weight is 315 g/mol. The predicted molar refractivity (Wildman–Crippen MR) is 85.1 cm³/mol. The molecule has 0 aliphatic carbocycles. The highest BCUT2D eigenvalue weighted by Crippen LogP contribution is 2.20. The van der Waals surface area contributed by atoms with E-state index >= 15 is 0 Å². The summed E-state index contributed by atoms with van der Waals surface area (Å²) >= 11 is 0. The summed E-state index contributed by atoms with van der Waals surface area (Å²) in [6.45, 7) is 1.63. The molecule has 0 heterocycles. The van der Waals surface area contributed by atoms with Crippen LogP contribution in [0, 0.1) is 0 Å². The van der Waals surface area contributed by atoms with Crippen LogP contribution >= 0.6 is 0 Å². The normalized spacial score (nSPS) is 11.4. The van der Waals surface area contributed by atoms with Crippen LogP contribution in [-0.4, -0.2) is 30.2 Å². The van der Waals surface area contributed by atoms with Gasteiger partial charge in [-0.3, -0.25) is 4.79 Å². The van der Waals surface area contributed by atoms with Gasteiger partial charge >= 0.3 is 5.97 Å². The van der Waals surface area contributed by atoms with Crippen molar-refractivity contribution in [3.63, 3.8) is 0 Å². The van der Waals surface area contributed by atoms with E-state index in [1.165, 1.54) is 24.3 Å². The lowest BCUT2D eigenvalue weighted by atomic mass is 10.2. The third-order valence-corrected chi connectivity index (χ3v) is 3.12. The van der Waals surface area contributed by atoms with Gasteiger partial charge < -0.3 is 19.9 Å². The van der Waals surface area contributed by atoms with E-state index in [2.05, 4.69) is 5.32 Å². The molecular formula is C17H17NO5. The quantitative estimate of drug-likeness (QED) is 0.856. The minimum atomic E-state index is -1.02. The standard InChI is InChI=1S/C17H17NO5/c1-11(23-15-5-3-4-14(10-15)22-2)16(19)18-13-8-6-12(7-9-13)17(20)21/h3-11H,1-2H3,(H,18,19)(H,20,21)/t11-/m0/s1. The Hall–Kier alpha value is -3.02. The summed E-state index contributed by atoms with van der Waals surface area (Å²) in [5.74, 6) is -0.193. The lowest BCUT2D eigenvalue weighted by molar-refractivity contribution is -0.122. The molecule has 0 fully saturated rings. The van der Waals surface area contributed by atoms with Crippen molar-refractivity contribution in [1.82, 2.24) is 0 Å². The van der Waals surface area contributed by atoms with Crippen molar-refractivity contribution in [2.75, 3.05) is 12.4 Å². The minimum absolute atomic E-state index is 0.156. The van der Waals surface area contributed by atoms with Crippen molar-refractivity contribution in [3.05, 3.63) is 54.1 Å². The van der Waals surface area contributed by atoms with Crippen LogP contribution in [0.5, 0.6) is 11.5 Å². The molecule has 1 atom stereocenters. The van der Waals surface area contributed by atoms with Gasteiger partial charge in [0.2, 0.25) is 0 Å². The summed E-state index contributed by atoms with van der Waals surface area (Å²) < 4.78 is 10.7. The van der Waals surface area contributed by atoms with E-state index in [4.69, 9.17) is 14.6 Å². The molecule has 0 saturated heterocycles. The monoisotopic (exact) mass is 315 g/mol. The Morgan fingerprint density at radius 1 is 1.09 bits per heavy atom. The summed E-state index contributed by atoms with van der Waals surface area (Å²) in [5, 5.41) is 11.5. The second-order valence-corrected chi connectivity index (χ2v) is 4.81. The van der Waals surface area contributed by atoms with Gasteiger partial charge in [-0.25, -0.2) is 4.79 Å². The van der Waals surface area contributed by atoms with Crippen LogP contribution < -0.4 is 14.8 Å². The van der Waals surface area contributed by atoms with Crippen LogP contribution in [0.1, 0.15) is 17.3 Å². The highest BCUT2D eigenvalue weighted by atomic mass is 16.5. The lowest BCUT2D eigenvalue weighted by Gasteiger charge is -2.15. The first-order valence-corrected chi connectivity index (χ1v) is 6.94. The first-order chi connectivity index (χ1) is 11.0. The molecule has 0 unspecified atom stereocenters. The largest absolute Gasteiger partial charge is 0.497 e. The smallest absolute Gasteiger partial charge is 0.335 e. The molecule has 2 aromatic carbocycles. The first kappa shape index (κ1) is 16.4. The Morgan fingerprint density at radius 3 is 2.35 bits per heavy atom. The number of amides is 1. The Kier molecular flexibility index (Phi) is 5.19. The van der Waals surface area contributed by atoms with Crippen molar-refractivity contribution in [1.29, 1.82) is 0 Å². The van der Waals surface area contributed by atoms with Crippen LogP contribution in [0.25, 0.3) is 0 Å². The number of carbonyl (C=O) groups excluding carboxylic acids is 1. The number of carbonyl (C=O) groups is 2. The fourth-order valence-electron chi connectivity index (χ4n) is 1.87. The van der Waals surface area contributed by atoms with Crippen LogP contribution in [0.15, 0.2) is 48.5 Å². The molecule has 0 spiro atoms. The van der Waals surface area contributed by atoms with Crippen molar-refractivity contribution in [2.45, 2.75) is 13.0 Å². The van der Waals surface area contributed by atoms with Gasteiger partial charge in [0, 0.05) is 11.8 Å². The van der Waals surface area contributed by atoms with Gasteiger partial charge in [0.1, 0.15) is 11.5 Å². The highest BCUT2D eigenvalue weighted by Gasteiger charge is 2.15. The molecule has 0 bridgehead atoms. The lowest BCUT2D eigenvalue weighted by Crippen LogP contribution is -2.30. The fourth-order valence-corrected chi connectivity index (χ4v) is 1.87. The number of aromatic carboxylic acids is 1. The Bertz CT molecular complexity index is 696. The van der Waals surface area contributed by atoms with Crippen LogP contribution in [0.3, 0.4) is 0 Å². The number of rotatable bonds is 6. The summed E-state index contributed by atoms with van der Waals surface area (Å²) in [5.41, 5.74) is 0.657. The number of methoxy groups -OCH3 is 1. The molecule has 0 radical (unpaired) electrons. The molecule has 2 aromatic rings. The summed E-state index contributed by atoms with van der Waals surface area (Å²) in [6, 6.07) is 12.9. The first-order valence-electron chi connectivity index (χ1n) is 6.94. The molecule has 23 heavy (non-hydrogen) atoms. The molecule has 0 saturated carbocycles. The zero-order valence-corrected chi connectivity index (χ0v) is 12.8. The number of nitrogens with one attached hydrogen (secondary N) is 1. The van der Waals surface area contributed by atoms with Gasteiger partial charge in [-0.2, -0.15) is 0 Å². The maximum absolute atomic E-state index is 12.1. The fraction of sp³-hybridized carbons (Fsp3) is 0.176. The van der Waals surface area contributed by atoms with E-state index in [0.29, 0.717) is 17.2 Å².